The third-order valence-electron chi connectivity index (χ3n) is 1.99. The molecule has 1 rings (SSSR count). The Balaban J connectivity index is 3.12. The number of hydrogen-bond acceptors (Lipinski definition) is 3. The summed E-state index contributed by atoms with van der Waals surface area (Å²) in [6.07, 6.45) is -3.67. The van der Waals surface area contributed by atoms with Crippen LogP contribution in [0, 0.1) is 5.95 Å². The third-order valence-corrected chi connectivity index (χ3v) is 1.99. The summed E-state index contributed by atoms with van der Waals surface area (Å²) in [4.78, 5) is 23.7. The maximum atomic E-state index is 13.3. The molecule has 4 nitrogen and oxygen atoms in total. The van der Waals surface area contributed by atoms with Crippen molar-refractivity contribution < 1.29 is 22.7 Å². The molecule has 1 aromatic rings. The Morgan fingerprint density at radius 3 is 2.71 bits per heavy atom. The van der Waals surface area contributed by atoms with Gasteiger partial charge in [-0.2, -0.15) is 4.39 Å². The second-order valence-corrected chi connectivity index (χ2v) is 3.16. The van der Waals surface area contributed by atoms with Gasteiger partial charge in [-0.3, -0.25) is 14.6 Å². The molecule has 0 unspecified atom stereocenters. The molecule has 1 aromatic heterocycles. The van der Waals surface area contributed by atoms with E-state index in [0.717, 1.165) is 0 Å². The van der Waals surface area contributed by atoms with Crippen molar-refractivity contribution in [2.45, 2.75) is 19.8 Å². The number of H-pyrrole nitrogens is 1. The molecule has 17 heavy (non-hydrogen) atoms. The number of halogens is 3. The van der Waals surface area contributed by atoms with Crippen LogP contribution in [0.15, 0.2) is 10.9 Å². The molecule has 0 aliphatic rings. The fourth-order valence-electron chi connectivity index (χ4n) is 1.31. The van der Waals surface area contributed by atoms with Gasteiger partial charge in [0.15, 0.2) is 5.95 Å². The van der Waals surface area contributed by atoms with Gasteiger partial charge in [0.2, 0.25) is 0 Å². The van der Waals surface area contributed by atoms with E-state index in [1.54, 1.807) is 4.98 Å². The molecular weight excluding hydrogens is 239 g/mol. The van der Waals surface area contributed by atoms with Gasteiger partial charge in [-0.05, 0) is 6.92 Å². The standard InChI is InChI=1S/C10H10F3NO3/c1-2-17-8(16)4-6-5(9(11)12)3-7(15)14-10(6)13/h3,9H,2,4H2,1H3,(H,14,15). The van der Waals surface area contributed by atoms with Gasteiger partial charge in [-0.15, -0.1) is 0 Å². The highest BCUT2D eigenvalue weighted by Crippen LogP contribution is 2.23. The number of esters is 1. The Labute approximate surface area is 94.4 Å². The molecule has 0 aliphatic carbocycles. The lowest BCUT2D eigenvalue weighted by Gasteiger charge is -2.08. The van der Waals surface area contributed by atoms with E-state index in [9.17, 15) is 22.8 Å². The monoisotopic (exact) mass is 249 g/mol. The number of hydrogen-bond donors (Lipinski definition) is 1. The zero-order valence-corrected chi connectivity index (χ0v) is 8.93. The Morgan fingerprint density at radius 2 is 2.18 bits per heavy atom. The average Bonchev–Trinajstić information content (AvgIpc) is 2.21. The topological polar surface area (TPSA) is 59.2 Å². The van der Waals surface area contributed by atoms with E-state index in [-0.39, 0.29) is 6.61 Å². The van der Waals surface area contributed by atoms with Crippen molar-refractivity contribution in [2.24, 2.45) is 0 Å². The summed E-state index contributed by atoms with van der Waals surface area (Å²) in [5, 5.41) is 0. The highest BCUT2D eigenvalue weighted by Gasteiger charge is 2.21. The lowest BCUT2D eigenvalue weighted by Crippen LogP contribution is -2.17. The van der Waals surface area contributed by atoms with Gasteiger partial charge in [-0.25, -0.2) is 8.78 Å². The van der Waals surface area contributed by atoms with E-state index in [0.29, 0.717) is 6.07 Å². The molecule has 94 valence electrons. The molecule has 0 aliphatic heterocycles. The Kier molecular flexibility index (Phi) is 4.30. The van der Waals surface area contributed by atoms with Crippen LogP contribution in [0.3, 0.4) is 0 Å². The second-order valence-electron chi connectivity index (χ2n) is 3.16. The zero-order chi connectivity index (χ0) is 13.0. The largest absolute Gasteiger partial charge is 0.466 e. The number of carbonyl (C=O) groups is 1. The molecule has 0 saturated heterocycles. The van der Waals surface area contributed by atoms with Crippen molar-refractivity contribution in [1.29, 1.82) is 0 Å². The summed E-state index contributed by atoms with van der Waals surface area (Å²) >= 11 is 0. The van der Waals surface area contributed by atoms with Crippen molar-refractivity contribution in [1.82, 2.24) is 4.98 Å². The summed E-state index contributed by atoms with van der Waals surface area (Å²) in [6, 6.07) is 0.572. The molecule has 0 fully saturated rings. The van der Waals surface area contributed by atoms with Crippen molar-refractivity contribution in [3.63, 3.8) is 0 Å². The molecule has 0 spiro atoms. The molecule has 0 aromatic carbocycles. The molecule has 0 amide bonds. The highest BCUT2D eigenvalue weighted by molar-refractivity contribution is 5.73. The summed E-state index contributed by atoms with van der Waals surface area (Å²) in [7, 11) is 0. The number of alkyl halides is 2. The molecule has 1 heterocycles. The van der Waals surface area contributed by atoms with Crippen LogP contribution in [-0.4, -0.2) is 17.6 Å². The van der Waals surface area contributed by atoms with Gasteiger partial charge in [0.1, 0.15) is 0 Å². The molecule has 0 atom stereocenters. The fourth-order valence-corrected chi connectivity index (χ4v) is 1.31. The number of aromatic amines is 1. The fraction of sp³-hybridized carbons (Fsp3) is 0.400. The molecular formula is C10H10F3NO3. The predicted molar refractivity (Wildman–Crippen MR) is 52.3 cm³/mol. The van der Waals surface area contributed by atoms with Crippen molar-refractivity contribution in [3.05, 3.63) is 33.5 Å². The highest BCUT2D eigenvalue weighted by atomic mass is 19.3. The van der Waals surface area contributed by atoms with E-state index in [2.05, 4.69) is 4.74 Å². The van der Waals surface area contributed by atoms with Crippen molar-refractivity contribution in [3.8, 4) is 0 Å². The van der Waals surface area contributed by atoms with Crippen LogP contribution in [-0.2, 0) is 16.0 Å². The zero-order valence-electron chi connectivity index (χ0n) is 8.93. The van der Waals surface area contributed by atoms with Crippen LogP contribution in [0.25, 0.3) is 0 Å². The summed E-state index contributed by atoms with van der Waals surface area (Å²) in [5.41, 5.74) is -2.32. The van der Waals surface area contributed by atoms with Crippen molar-refractivity contribution >= 4 is 5.97 Å². The van der Waals surface area contributed by atoms with Crippen molar-refractivity contribution in [2.75, 3.05) is 6.61 Å². The lowest BCUT2D eigenvalue weighted by molar-refractivity contribution is -0.142. The maximum absolute atomic E-state index is 13.3. The minimum absolute atomic E-state index is 0.0633. The van der Waals surface area contributed by atoms with Gasteiger partial charge in [0.05, 0.1) is 13.0 Å². The number of aromatic nitrogens is 1. The van der Waals surface area contributed by atoms with E-state index < -0.39 is 41.4 Å². The SMILES string of the molecule is CCOC(=O)Cc1c(C(F)F)cc(=O)[nH]c1F. The minimum atomic E-state index is -3.03. The average molecular weight is 249 g/mol. The van der Waals surface area contributed by atoms with Gasteiger partial charge in [0.25, 0.3) is 12.0 Å². The van der Waals surface area contributed by atoms with Gasteiger partial charge < -0.3 is 4.74 Å². The van der Waals surface area contributed by atoms with Gasteiger partial charge >= 0.3 is 5.97 Å². The van der Waals surface area contributed by atoms with Crippen LogP contribution in [0.5, 0.6) is 0 Å². The van der Waals surface area contributed by atoms with Crippen LogP contribution in [0.4, 0.5) is 13.2 Å². The number of carbonyl (C=O) groups excluding carboxylic acids is 1. The number of rotatable bonds is 4. The van der Waals surface area contributed by atoms with E-state index in [1.165, 1.54) is 6.92 Å². The number of ether oxygens (including phenoxy) is 1. The Morgan fingerprint density at radius 1 is 1.53 bits per heavy atom. The quantitative estimate of drug-likeness (QED) is 0.650. The summed E-state index contributed by atoms with van der Waals surface area (Å²) in [6.45, 7) is 1.60. The predicted octanol–water partition coefficient (Wildman–Crippen LogP) is 1.56. The summed E-state index contributed by atoms with van der Waals surface area (Å²) < 4.78 is 42.9. The first-order chi connectivity index (χ1) is 7.95. The van der Waals surface area contributed by atoms with Crippen LogP contribution >= 0.6 is 0 Å². The lowest BCUT2D eigenvalue weighted by atomic mass is 10.1. The van der Waals surface area contributed by atoms with E-state index in [4.69, 9.17) is 0 Å². The van der Waals surface area contributed by atoms with Crippen LogP contribution < -0.4 is 5.56 Å². The second kappa shape index (κ2) is 5.51. The van der Waals surface area contributed by atoms with Gasteiger partial charge in [0, 0.05) is 17.2 Å². The maximum Gasteiger partial charge on any atom is 0.310 e. The first-order valence-corrected chi connectivity index (χ1v) is 4.81. The van der Waals surface area contributed by atoms with Gasteiger partial charge in [-0.1, -0.05) is 0 Å². The summed E-state index contributed by atoms with van der Waals surface area (Å²) in [5.74, 6) is -2.07. The number of pyridine rings is 1. The Hall–Kier alpha value is -1.79. The van der Waals surface area contributed by atoms with Crippen LogP contribution in [0.1, 0.15) is 24.5 Å². The Bertz CT molecular complexity index is 470. The molecule has 1 N–H and O–H groups in total. The number of nitrogens with one attached hydrogen (secondary N) is 1. The molecule has 0 bridgehead atoms. The molecule has 0 radical (unpaired) electrons. The van der Waals surface area contributed by atoms with E-state index in [1.807, 2.05) is 0 Å². The first kappa shape index (κ1) is 13.3. The first-order valence-electron chi connectivity index (χ1n) is 4.81. The third kappa shape index (κ3) is 3.33. The smallest absolute Gasteiger partial charge is 0.310 e. The van der Waals surface area contributed by atoms with Crippen LogP contribution in [0.2, 0.25) is 0 Å². The normalized spacial score (nSPS) is 10.6. The molecule has 7 heteroatoms. The minimum Gasteiger partial charge on any atom is -0.466 e. The molecule has 0 saturated carbocycles. The van der Waals surface area contributed by atoms with E-state index >= 15 is 0 Å².